The lowest BCUT2D eigenvalue weighted by Gasteiger charge is -2.32. The van der Waals surface area contributed by atoms with Crippen LogP contribution in [0.15, 0.2) is 35.9 Å². The highest BCUT2D eigenvalue weighted by atomic mass is 16.7. The van der Waals surface area contributed by atoms with Crippen molar-refractivity contribution < 1.29 is 19.2 Å². The number of allylic oxidation sites excluding steroid dienone is 1. The smallest absolute Gasteiger partial charge is 0.269 e. The van der Waals surface area contributed by atoms with Crippen molar-refractivity contribution in [3.8, 4) is 0 Å². The summed E-state index contributed by atoms with van der Waals surface area (Å²) in [4.78, 5) is 21.8. The summed E-state index contributed by atoms with van der Waals surface area (Å²) in [5.41, 5.74) is 0.941. The number of hydrogen-bond acceptors (Lipinski definition) is 5. The molecule has 1 aliphatic carbocycles. The molecule has 0 N–H and O–H groups in total. The van der Waals surface area contributed by atoms with Crippen LogP contribution in [0.2, 0.25) is 0 Å². The monoisotopic (exact) mass is 289 g/mol. The molecule has 0 radical (unpaired) electrons. The fraction of sp³-hybridized carbons (Fsp3) is 0.400. The molecule has 0 bridgehead atoms. The third-order valence-electron chi connectivity index (χ3n) is 4.18. The molecule has 0 unspecified atom stereocenters. The molecule has 0 saturated carbocycles. The van der Waals surface area contributed by atoms with Crippen LogP contribution >= 0.6 is 0 Å². The molecule has 1 aromatic carbocycles. The SMILES string of the molecule is CC1=CC(=O)C[C@H]2O[C@H](c3ccc([N+](=O)[O-])cc3)O[C@@]12C. The molecule has 6 heteroatoms. The molecule has 110 valence electrons. The van der Waals surface area contributed by atoms with E-state index in [9.17, 15) is 14.9 Å². The van der Waals surface area contributed by atoms with E-state index in [0.717, 1.165) is 5.57 Å². The molecule has 0 amide bonds. The Morgan fingerprint density at radius 2 is 2.00 bits per heavy atom. The van der Waals surface area contributed by atoms with E-state index in [2.05, 4.69) is 0 Å². The summed E-state index contributed by atoms with van der Waals surface area (Å²) in [6.07, 6.45) is 0.945. The second-order valence-corrected chi connectivity index (χ2v) is 5.53. The molecule has 1 saturated heterocycles. The molecule has 21 heavy (non-hydrogen) atoms. The van der Waals surface area contributed by atoms with Gasteiger partial charge in [0.25, 0.3) is 5.69 Å². The first-order valence-electron chi connectivity index (χ1n) is 6.69. The van der Waals surface area contributed by atoms with Crippen molar-refractivity contribution in [3.63, 3.8) is 0 Å². The molecule has 0 spiro atoms. The predicted octanol–water partition coefficient (Wildman–Crippen LogP) is 2.69. The Morgan fingerprint density at radius 1 is 1.33 bits per heavy atom. The number of nitro benzene ring substituents is 1. The van der Waals surface area contributed by atoms with Gasteiger partial charge in [-0.05, 0) is 37.6 Å². The third kappa shape index (κ3) is 2.26. The van der Waals surface area contributed by atoms with Crippen molar-refractivity contribution in [2.24, 2.45) is 0 Å². The number of nitro groups is 1. The van der Waals surface area contributed by atoms with Gasteiger partial charge in [0.1, 0.15) is 11.7 Å². The number of nitrogens with zero attached hydrogens (tertiary/aromatic N) is 1. The lowest BCUT2D eigenvalue weighted by atomic mass is 9.83. The maximum absolute atomic E-state index is 11.6. The molecule has 1 aliphatic heterocycles. The highest BCUT2D eigenvalue weighted by molar-refractivity contribution is 5.92. The van der Waals surface area contributed by atoms with Gasteiger partial charge in [0, 0.05) is 24.1 Å². The number of carbonyl (C=O) groups is 1. The van der Waals surface area contributed by atoms with Gasteiger partial charge in [-0.3, -0.25) is 14.9 Å². The van der Waals surface area contributed by atoms with Crippen LogP contribution in [0.4, 0.5) is 5.69 Å². The quantitative estimate of drug-likeness (QED) is 0.617. The van der Waals surface area contributed by atoms with E-state index >= 15 is 0 Å². The lowest BCUT2D eigenvalue weighted by Crippen LogP contribution is -2.42. The van der Waals surface area contributed by atoms with Crippen molar-refractivity contribution >= 4 is 11.5 Å². The molecule has 3 atom stereocenters. The number of benzene rings is 1. The van der Waals surface area contributed by atoms with Crippen molar-refractivity contribution in [2.45, 2.75) is 38.3 Å². The summed E-state index contributed by atoms with van der Waals surface area (Å²) in [5, 5.41) is 10.7. The first-order chi connectivity index (χ1) is 9.90. The highest BCUT2D eigenvalue weighted by Crippen LogP contribution is 2.45. The Hall–Kier alpha value is -2.05. The van der Waals surface area contributed by atoms with Crippen LogP contribution in [0, 0.1) is 10.1 Å². The Kier molecular flexibility index (Phi) is 3.15. The van der Waals surface area contributed by atoms with Crippen molar-refractivity contribution in [1.82, 2.24) is 0 Å². The minimum absolute atomic E-state index is 0.0200. The molecular formula is C15H15NO5. The minimum atomic E-state index is -0.625. The van der Waals surface area contributed by atoms with Crippen LogP contribution in [0.25, 0.3) is 0 Å². The second-order valence-electron chi connectivity index (χ2n) is 5.53. The van der Waals surface area contributed by atoms with Gasteiger partial charge < -0.3 is 9.47 Å². The Morgan fingerprint density at radius 3 is 2.62 bits per heavy atom. The molecule has 0 aromatic heterocycles. The second kappa shape index (κ2) is 4.75. The van der Waals surface area contributed by atoms with Gasteiger partial charge in [0.05, 0.1) is 4.92 Å². The lowest BCUT2D eigenvalue weighted by molar-refractivity contribution is -0.384. The number of rotatable bonds is 2. The van der Waals surface area contributed by atoms with E-state index < -0.39 is 16.8 Å². The number of ketones is 1. The number of ether oxygens (including phenoxy) is 2. The summed E-state index contributed by atoms with van der Waals surface area (Å²) >= 11 is 0. The van der Waals surface area contributed by atoms with Crippen LogP contribution in [0.1, 0.15) is 32.1 Å². The van der Waals surface area contributed by atoms with E-state index in [0.29, 0.717) is 5.56 Å². The fourth-order valence-corrected chi connectivity index (χ4v) is 2.72. The van der Waals surface area contributed by atoms with Crippen LogP contribution in [0.3, 0.4) is 0 Å². The van der Waals surface area contributed by atoms with Gasteiger partial charge in [-0.15, -0.1) is 0 Å². The normalized spacial score (nSPS) is 31.7. The molecule has 1 aromatic rings. The van der Waals surface area contributed by atoms with Crippen LogP contribution < -0.4 is 0 Å². The van der Waals surface area contributed by atoms with E-state index in [1.165, 1.54) is 12.1 Å². The predicted molar refractivity (Wildman–Crippen MR) is 73.6 cm³/mol. The van der Waals surface area contributed by atoms with Gasteiger partial charge in [-0.25, -0.2) is 0 Å². The standard InChI is InChI=1S/C15H15NO5/c1-9-7-12(17)8-13-15(9,2)21-14(20-13)10-3-5-11(6-4-10)16(18)19/h3-7,13-14H,8H2,1-2H3/t13-,14+,15+/m1/s1. The maximum atomic E-state index is 11.6. The summed E-state index contributed by atoms with van der Waals surface area (Å²) in [7, 11) is 0. The number of fused-ring (bicyclic) bond motifs is 1. The summed E-state index contributed by atoms with van der Waals surface area (Å²) < 4.78 is 11.8. The van der Waals surface area contributed by atoms with Gasteiger partial charge in [-0.1, -0.05) is 0 Å². The topological polar surface area (TPSA) is 78.7 Å². The van der Waals surface area contributed by atoms with E-state index in [4.69, 9.17) is 9.47 Å². The van der Waals surface area contributed by atoms with Crippen molar-refractivity contribution in [1.29, 1.82) is 0 Å². The first kappa shape index (κ1) is 13.9. The van der Waals surface area contributed by atoms with Crippen LogP contribution in [-0.4, -0.2) is 22.4 Å². The van der Waals surface area contributed by atoms with Gasteiger partial charge in [0.15, 0.2) is 12.1 Å². The number of non-ortho nitro benzene ring substituents is 1. The summed E-state index contributed by atoms with van der Waals surface area (Å²) in [5.74, 6) is 0.0305. The number of carbonyl (C=O) groups excluding carboxylic acids is 1. The molecular weight excluding hydrogens is 274 g/mol. The van der Waals surface area contributed by atoms with Gasteiger partial charge in [0.2, 0.25) is 0 Å². The maximum Gasteiger partial charge on any atom is 0.269 e. The Bertz CT molecular complexity index is 636. The van der Waals surface area contributed by atoms with Crippen molar-refractivity contribution in [3.05, 3.63) is 51.6 Å². The summed E-state index contributed by atoms with van der Waals surface area (Å²) in [6.45, 7) is 3.76. The van der Waals surface area contributed by atoms with E-state index in [1.54, 1.807) is 18.2 Å². The molecule has 2 aliphatic rings. The zero-order chi connectivity index (χ0) is 15.2. The van der Waals surface area contributed by atoms with Gasteiger partial charge >= 0.3 is 0 Å². The van der Waals surface area contributed by atoms with Crippen LogP contribution in [-0.2, 0) is 14.3 Å². The first-order valence-corrected chi connectivity index (χ1v) is 6.69. The fourth-order valence-electron chi connectivity index (χ4n) is 2.72. The highest BCUT2D eigenvalue weighted by Gasteiger charge is 2.50. The number of hydrogen-bond donors (Lipinski definition) is 0. The zero-order valence-corrected chi connectivity index (χ0v) is 11.7. The molecule has 3 rings (SSSR count). The minimum Gasteiger partial charge on any atom is -0.341 e. The molecule has 1 fully saturated rings. The van der Waals surface area contributed by atoms with Crippen LogP contribution in [0.5, 0.6) is 0 Å². The van der Waals surface area contributed by atoms with E-state index in [-0.39, 0.29) is 24.0 Å². The molecule has 1 heterocycles. The third-order valence-corrected chi connectivity index (χ3v) is 4.18. The largest absolute Gasteiger partial charge is 0.341 e. The summed E-state index contributed by atoms with van der Waals surface area (Å²) in [6, 6.07) is 6.06. The molecule has 6 nitrogen and oxygen atoms in total. The van der Waals surface area contributed by atoms with Gasteiger partial charge in [-0.2, -0.15) is 0 Å². The van der Waals surface area contributed by atoms with E-state index in [1.807, 2.05) is 13.8 Å². The zero-order valence-electron chi connectivity index (χ0n) is 11.7. The Balaban J connectivity index is 1.86. The van der Waals surface area contributed by atoms with Crippen molar-refractivity contribution in [2.75, 3.05) is 0 Å². The average Bonchev–Trinajstić information content (AvgIpc) is 2.78. The Labute approximate surface area is 121 Å². The average molecular weight is 289 g/mol.